The van der Waals surface area contributed by atoms with Crippen molar-refractivity contribution in [2.75, 3.05) is 6.61 Å². The second kappa shape index (κ2) is 7.49. The van der Waals surface area contributed by atoms with E-state index in [-0.39, 0.29) is 5.97 Å². The number of hydrogen-bond acceptors (Lipinski definition) is 3. The van der Waals surface area contributed by atoms with Crippen LogP contribution in [0.2, 0.25) is 0 Å². The minimum absolute atomic E-state index is 0.287. The summed E-state index contributed by atoms with van der Waals surface area (Å²) in [5.41, 5.74) is 2.00. The second-order valence-electron chi connectivity index (χ2n) is 3.83. The standard InChI is InChI=1S/C14H19NO2/c1-3-9-17-14(16)10-12(2)15-11-13-7-5-4-6-8-13/h4-8,10,15H,3,9,11H2,1-2H3/b12-10-. The number of benzene rings is 1. The van der Waals surface area contributed by atoms with Crippen molar-refractivity contribution in [2.24, 2.45) is 0 Å². The van der Waals surface area contributed by atoms with Gasteiger partial charge in [0.05, 0.1) is 6.61 Å². The summed E-state index contributed by atoms with van der Waals surface area (Å²) in [5, 5.41) is 3.17. The summed E-state index contributed by atoms with van der Waals surface area (Å²) in [6, 6.07) is 10.0. The van der Waals surface area contributed by atoms with Crippen molar-refractivity contribution < 1.29 is 9.53 Å². The summed E-state index contributed by atoms with van der Waals surface area (Å²) in [7, 11) is 0. The summed E-state index contributed by atoms with van der Waals surface area (Å²) in [4.78, 5) is 11.3. The smallest absolute Gasteiger partial charge is 0.332 e. The number of carbonyl (C=O) groups excluding carboxylic acids is 1. The lowest BCUT2D eigenvalue weighted by Crippen LogP contribution is -2.13. The first-order chi connectivity index (χ1) is 8.22. The molecule has 0 saturated carbocycles. The first kappa shape index (κ1) is 13.3. The van der Waals surface area contributed by atoms with Gasteiger partial charge in [0.25, 0.3) is 0 Å². The van der Waals surface area contributed by atoms with Gasteiger partial charge in [0.1, 0.15) is 0 Å². The molecule has 1 rings (SSSR count). The number of esters is 1. The zero-order valence-electron chi connectivity index (χ0n) is 10.4. The average Bonchev–Trinajstić information content (AvgIpc) is 2.35. The van der Waals surface area contributed by atoms with E-state index in [0.717, 1.165) is 12.1 Å². The molecule has 3 heteroatoms. The Balaban J connectivity index is 2.36. The molecule has 0 aliphatic heterocycles. The Morgan fingerprint density at radius 2 is 2.06 bits per heavy atom. The van der Waals surface area contributed by atoms with Gasteiger partial charge < -0.3 is 10.1 Å². The van der Waals surface area contributed by atoms with Crippen LogP contribution in [0.1, 0.15) is 25.8 Å². The van der Waals surface area contributed by atoms with Gasteiger partial charge in [0.2, 0.25) is 0 Å². The van der Waals surface area contributed by atoms with E-state index in [4.69, 9.17) is 4.74 Å². The molecule has 17 heavy (non-hydrogen) atoms. The Labute approximate surface area is 102 Å². The van der Waals surface area contributed by atoms with Crippen LogP contribution in [0.25, 0.3) is 0 Å². The van der Waals surface area contributed by atoms with Gasteiger partial charge in [0.15, 0.2) is 0 Å². The molecule has 0 saturated heterocycles. The van der Waals surface area contributed by atoms with E-state index in [9.17, 15) is 4.79 Å². The molecule has 0 radical (unpaired) electrons. The first-order valence-corrected chi connectivity index (χ1v) is 5.85. The molecule has 0 aliphatic rings. The molecule has 1 aromatic rings. The van der Waals surface area contributed by atoms with Gasteiger partial charge in [-0.3, -0.25) is 0 Å². The summed E-state index contributed by atoms with van der Waals surface area (Å²) in [6.45, 7) is 5.01. The van der Waals surface area contributed by atoms with Gasteiger partial charge in [-0.25, -0.2) is 4.79 Å². The maximum Gasteiger partial charge on any atom is 0.332 e. The van der Waals surface area contributed by atoms with Crippen LogP contribution >= 0.6 is 0 Å². The Morgan fingerprint density at radius 3 is 2.71 bits per heavy atom. The van der Waals surface area contributed by atoms with E-state index in [1.165, 1.54) is 11.6 Å². The lowest BCUT2D eigenvalue weighted by atomic mass is 10.2. The fraction of sp³-hybridized carbons (Fsp3) is 0.357. The van der Waals surface area contributed by atoms with Crippen LogP contribution in [-0.4, -0.2) is 12.6 Å². The number of ether oxygens (including phenoxy) is 1. The summed E-state index contributed by atoms with van der Waals surface area (Å²) in [6.07, 6.45) is 2.33. The molecule has 0 fully saturated rings. The SMILES string of the molecule is CCCOC(=O)/C=C(/C)NCc1ccccc1. The molecule has 0 aromatic heterocycles. The molecular formula is C14H19NO2. The van der Waals surface area contributed by atoms with Crippen LogP contribution in [0.4, 0.5) is 0 Å². The zero-order chi connectivity index (χ0) is 12.5. The number of hydrogen-bond donors (Lipinski definition) is 1. The van der Waals surface area contributed by atoms with Crippen molar-refractivity contribution in [2.45, 2.75) is 26.8 Å². The lowest BCUT2D eigenvalue weighted by molar-refractivity contribution is -0.137. The molecule has 92 valence electrons. The summed E-state index contributed by atoms with van der Waals surface area (Å²) in [5.74, 6) is -0.287. The van der Waals surface area contributed by atoms with Crippen molar-refractivity contribution in [1.82, 2.24) is 5.32 Å². The molecule has 0 spiro atoms. The molecular weight excluding hydrogens is 214 g/mol. The number of rotatable bonds is 6. The van der Waals surface area contributed by atoms with Gasteiger partial charge in [0, 0.05) is 18.3 Å². The van der Waals surface area contributed by atoms with Crippen LogP contribution in [0.3, 0.4) is 0 Å². The van der Waals surface area contributed by atoms with E-state index in [0.29, 0.717) is 13.2 Å². The highest BCUT2D eigenvalue weighted by molar-refractivity contribution is 5.82. The average molecular weight is 233 g/mol. The Hall–Kier alpha value is -1.77. The largest absolute Gasteiger partial charge is 0.462 e. The van der Waals surface area contributed by atoms with E-state index < -0.39 is 0 Å². The van der Waals surface area contributed by atoms with Crippen molar-refractivity contribution >= 4 is 5.97 Å². The van der Waals surface area contributed by atoms with Gasteiger partial charge >= 0.3 is 5.97 Å². The highest BCUT2D eigenvalue weighted by Crippen LogP contribution is 1.99. The summed E-state index contributed by atoms with van der Waals surface area (Å²) < 4.78 is 4.96. The monoisotopic (exact) mass is 233 g/mol. The predicted molar refractivity (Wildman–Crippen MR) is 68.3 cm³/mol. The Morgan fingerprint density at radius 1 is 1.35 bits per heavy atom. The highest BCUT2D eigenvalue weighted by atomic mass is 16.5. The van der Waals surface area contributed by atoms with Gasteiger partial charge in [-0.15, -0.1) is 0 Å². The van der Waals surface area contributed by atoms with E-state index in [1.54, 1.807) is 0 Å². The van der Waals surface area contributed by atoms with Crippen molar-refractivity contribution in [3.63, 3.8) is 0 Å². The molecule has 0 bridgehead atoms. The fourth-order valence-electron chi connectivity index (χ4n) is 1.31. The molecule has 3 nitrogen and oxygen atoms in total. The normalized spacial score (nSPS) is 11.1. The maximum atomic E-state index is 11.3. The Bertz CT molecular complexity index is 371. The number of nitrogens with one attached hydrogen (secondary N) is 1. The third kappa shape index (κ3) is 5.76. The quantitative estimate of drug-likeness (QED) is 0.606. The van der Waals surface area contributed by atoms with Crippen molar-refractivity contribution in [1.29, 1.82) is 0 Å². The minimum Gasteiger partial charge on any atom is -0.462 e. The molecule has 0 atom stereocenters. The van der Waals surface area contributed by atoms with Crippen LogP contribution < -0.4 is 5.32 Å². The molecule has 0 heterocycles. The maximum absolute atomic E-state index is 11.3. The van der Waals surface area contributed by atoms with Crippen LogP contribution in [0.5, 0.6) is 0 Å². The third-order valence-electron chi connectivity index (χ3n) is 2.20. The van der Waals surface area contributed by atoms with E-state index >= 15 is 0 Å². The third-order valence-corrected chi connectivity index (χ3v) is 2.20. The minimum atomic E-state index is -0.287. The topological polar surface area (TPSA) is 38.3 Å². The first-order valence-electron chi connectivity index (χ1n) is 5.85. The highest BCUT2D eigenvalue weighted by Gasteiger charge is 1.98. The molecule has 1 N–H and O–H groups in total. The van der Waals surface area contributed by atoms with Gasteiger partial charge in [-0.2, -0.15) is 0 Å². The summed E-state index contributed by atoms with van der Waals surface area (Å²) >= 11 is 0. The lowest BCUT2D eigenvalue weighted by Gasteiger charge is -2.06. The van der Waals surface area contributed by atoms with Gasteiger partial charge in [-0.1, -0.05) is 37.3 Å². The van der Waals surface area contributed by atoms with Crippen molar-refractivity contribution in [3.8, 4) is 0 Å². The number of carbonyl (C=O) groups is 1. The van der Waals surface area contributed by atoms with Gasteiger partial charge in [-0.05, 0) is 18.9 Å². The van der Waals surface area contributed by atoms with Crippen LogP contribution in [-0.2, 0) is 16.1 Å². The van der Waals surface area contributed by atoms with Crippen molar-refractivity contribution in [3.05, 3.63) is 47.7 Å². The van der Waals surface area contributed by atoms with Crippen LogP contribution in [0.15, 0.2) is 42.1 Å². The van der Waals surface area contributed by atoms with E-state index in [1.807, 2.05) is 44.2 Å². The molecule has 0 aliphatic carbocycles. The number of allylic oxidation sites excluding steroid dienone is 1. The fourth-order valence-corrected chi connectivity index (χ4v) is 1.31. The predicted octanol–water partition coefficient (Wildman–Crippen LogP) is 2.63. The Kier molecular flexibility index (Phi) is 5.86. The molecule has 1 aromatic carbocycles. The molecule has 0 unspecified atom stereocenters. The van der Waals surface area contributed by atoms with Crippen LogP contribution in [0, 0.1) is 0 Å². The second-order valence-corrected chi connectivity index (χ2v) is 3.83. The molecule has 0 amide bonds. The van der Waals surface area contributed by atoms with E-state index in [2.05, 4.69) is 5.32 Å². The zero-order valence-corrected chi connectivity index (χ0v) is 10.4.